The minimum Gasteiger partial charge on any atom is -0.466 e. The molecule has 0 bridgehead atoms. The Morgan fingerprint density at radius 2 is 1.36 bits per heavy atom. The van der Waals surface area contributed by atoms with Gasteiger partial charge >= 0.3 is 5.97 Å². The normalized spacial score (nSPS) is 11.1. The number of ether oxygens (including phenoxy) is 1. The van der Waals surface area contributed by atoms with Crippen LogP contribution in [0.15, 0.2) is 103 Å². The van der Waals surface area contributed by atoms with E-state index in [9.17, 15) is 4.79 Å². The number of hydrogen-bond donors (Lipinski definition) is 2. The zero-order chi connectivity index (χ0) is 25.4. The van der Waals surface area contributed by atoms with Crippen LogP contribution in [0.5, 0.6) is 0 Å². The van der Waals surface area contributed by atoms with E-state index in [2.05, 4.69) is 46.7 Å². The number of carbonyl (C=O) groups excluding carboxylic acids is 1. The Bertz CT molecular complexity index is 1210. The van der Waals surface area contributed by atoms with Crippen molar-refractivity contribution in [2.45, 2.75) is 32.2 Å². The fraction of sp³-hybridized carbons (Fsp3) is 0.194. The summed E-state index contributed by atoms with van der Waals surface area (Å²) < 4.78 is 5.06. The maximum atomic E-state index is 12.0. The Morgan fingerprint density at radius 3 is 1.83 bits per heavy atom. The first-order valence-electron chi connectivity index (χ1n) is 12.2. The van der Waals surface area contributed by atoms with Gasteiger partial charge in [0.25, 0.3) is 0 Å². The van der Waals surface area contributed by atoms with Crippen LogP contribution in [0.25, 0.3) is 0 Å². The number of hydrogen-bond acceptors (Lipinski definition) is 5. The zero-order valence-electron chi connectivity index (χ0n) is 20.7. The first-order valence-corrected chi connectivity index (χ1v) is 12.2. The van der Waals surface area contributed by atoms with Crippen LogP contribution in [0.2, 0.25) is 0 Å². The molecule has 1 aromatic heterocycles. The molecule has 5 nitrogen and oxygen atoms in total. The Hall–Kier alpha value is -4.25. The van der Waals surface area contributed by atoms with Gasteiger partial charge in [0.2, 0.25) is 0 Å². The molecule has 5 heteroatoms. The highest BCUT2D eigenvalue weighted by Gasteiger charge is 2.37. The number of carbonyl (C=O) groups is 1. The summed E-state index contributed by atoms with van der Waals surface area (Å²) in [5.41, 5.74) is 5.10. The number of nitrogens with one attached hydrogen (secondary N) is 2. The average molecular weight is 478 g/mol. The minimum absolute atomic E-state index is 0.154. The number of esters is 1. The monoisotopic (exact) mass is 477 g/mol. The van der Waals surface area contributed by atoms with Gasteiger partial charge in [0.05, 0.1) is 13.0 Å². The molecule has 0 aliphatic heterocycles. The third-order valence-electron chi connectivity index (χ3n) is 6.19. The number of benzene rings is 3. The van der Waals surface area contributed by atoms with Crippen LogP contribution in [0.3, 0.4) is 0 Å². The highest BCUT2D eigenvalue weighted by molar-refractivity contribution is 6.04. The summed E-state index contributed by atoms with van der Waals surface area (Å²) in [5.74, 6) is -0.302. The highest BCUT2D eigenvalue weighted by atomic mass is 16.5. The average Bonchev–Trinajstić information content (AvgIpc) is 2.92. The van der Waals surface area contributed by atoms with E-state index in [0.29, 0.717) is 17.9 Å². The van der Waals surface area contributed by atoms with Crippen molar-refractivity contribution in [2.24, 2.45) is 0 Å². The minimum atomic E-state index is -0.728. The second kappa shape index (κ2) is 11.5. The number of anilines is 1. The molecule has 182 valence electrons. The van der Waals surface area contributed by atoms with Gasteiger partial charge in [-0.25, -0.2) is 0 Å². The van der Waals surface area contributed by atoms with E-state index in [4.69, 9.17) is 10.1 Å². The number of aryl methyl sites for hydroxylation is 1. The number of aromatic nitrogens is 1. The molecule has 1 heterocycles. The van der Waals surface area contributed by atoms with Crippen molar-refractivity contribution in [2.75, 3.05) is 11.9 Å². The SMILES string of the molecule is CCOC(=O)CCC(=N)c1cnc(C)cc1NC(c1ccccc1)(c1ccccc1)c1ccccc1. The summed E-state index contributed by atoms with van der Waals surface area (Å²) in [7, 11) is 0. The van der Waals surface area contributed by atoms with Gasteiger partial charge in [-0.1, -0.05) is 91.0 Å². The van der Waals surface area contributed by atoms with Gasteiger partial charge in [-0.3, -0.25) is 9.78 Å². The fourth-order valence-electron chi connectivity index (χ4n) is 4.48. The molecule has 4 aromatic rings. The molecule has 0 amide bonds. The van der Waals surface area contributed by atoms with E-state index >= 15 is 0 Å². The first kappa shape index (κ1) is 24.9. The molecule has 36 heavy (non-hydrogen) atoms. The molecule has 0 radical (unpaired) electrons. The lowest BCUT2D eigenvalue weighted by atomic mass is 9.76. The van der Waals surface area contributed by atoms with Gasteiger partial charge in [-0.05, 0) is 36.6 Å². The maximum Gasteiger partial charge on any atom is 0.306 e. The Balaban J connectivity index is 1.86. The van der Waals surface area contributed by atoms with Gasteiger partial charge in [0.15, 0.2) is 0 Å². The quantitative estimate of drug-likeness (QED) is 0.155. The summed E-state index contributed by atoms with van der Waals surface area (Å²) in [5, 5.41) is 12.6. The van der Waals surface area contributed by atoms with E-state index < -0.39 is 5.54 Å². The van der Waals surface area contributed by atoms with E-state index in [0.717, 1.165) is 28.1 Å². The van der Waals surface area contributed by atoms with E-state index in [-0.39, 0.29) is 18.8 Å². The van der Waals surface area contributed by atoms with Gasteiger partial charge in [-0.15, -0.1) is 0 Å². The van der Waals surface area contributed by atoms with E-state index in [1.807, 2.05) is 67.6 Å². The van der Waals surface area contributed by atoms with Crippen LogP contribution in [0.1, 0.15) is 47.7 Å². The largest absolute Gasteiger partial charge is 0.466 e. The molecule has 0 aliphatic rings. The van der Waals surface area contributed by atoms with Crippen molar-refractivity contribution < 1.29 is 9.53 Å². The number of rotatable bonds is 10. The fourth-order valence-corrected chi connectivity index (χ4v) is 4.48. The molecule has 3 aromatic carbocycles. The molecule has 4 rings (SSSR count). The van der Waals surface area contributed by atoms with E-state index in [1.165, 1.54) is 0 Å². The van der Waals surface area contributed by atoms with Crippen molar-refractivity contribution in [3.05, 3.63) is 131 Å². The predicted molar refractivity (Wildman–Crippen MR) is 145 cm³/mol. The second-order valence-corrected chi connectivity index (χ2v) is 8.63. The molecule has 0 saturated heterocycles. The van der Waals surface area contributed by atoms with Crippen LogP contribution in [-0.4, -0.2) is 23.3 Å². The molecule has 0 atom stereocenters. The van der Waals surface area contributed by atoms with Crippen molar-refractivity contribution in [1.29, 1.82) is 5.41 Å². The lowest BCUT2D eigenvalue weighted by molar-refractivity contribution is -0.142. The van der Waals surface area contributed by atoms with E-state index in [1.54, 1.807) is 13.1 Å². The lowest BCUT2D eigenvalue weighted by Gasteiger charge is -2.38. The lowest BCUT2D eigenvalue weighted by Crippen LogP contribution is -2.38. The van der Waals surface area contributed by atoms with Gasteiger partial charge in [-0.2, -0.15) is 0 Å². The van der Waals surface area contributed by atoms with Gasteiger partial charge < -0.3 is 15.5 Å². The molecule has 2 N–H and O–H groups in total. The highest BCUT2D eigenvalue weighted by Crippen LogP contribution is 2.40. The van der Waals surface area contributed by atoms with Crippen molar-refractivity contribution >= 4 is 17.4 Å². The van der Waals surface area contributed by atoms with Gasteiger partial charge in [0, 0.05) is 35.3 Å². The third-order valence-corrected chi connectivity index (χ3v) is 6.19. The molecule has 0 saturated carbocycles. The second-order valence-electron chi connectivity index (χ2n) is 8.63. The van der Waals surface area contributed by atoms with Crippen molar-refractivity contribution in [1.82, 2.24) is 4.98 Å². The third kappa shape index (κ3) is 5.36. The first-order chi connectivity index (χ1) is 17.5. The smallest absolute Gasteiger partial charge is 0.306 e. The topological polar surface area (TPSA) is 75.1 Å². The molecule has 0 fully saturated rings. The summed E-state index contributed by atoms with van der Waals surface area (Å²) in [6.07, 6.45) is 2.14. The summed E-state index contributed by atoms with van der Waals surface area (Å²) >= 11 is 0. The maximum absolute atomic E-state index is 12.0. The van der Waals surface area contributed by atoms with Crippen molar-refractivity contribution in [3.63, 3.8) is 0 Å². The predicted octanol–water partition coefficient (Wildman–Crippen LogP) is 6.51. The number of pyridine rings is 1. The van der Waals surface area contributed by atoms with Crippen LogP contribution in [0.4, 0.5) is 5.69 Å². The number of nitrogens with zero attached hydrogens (tertiary/aromatic N) is 1. The Labute approximate surface area is 212 Å². The van der Waals surface area contributed by atoms with Crippen LogP contribution >= 0.6 is 0 Å². The standard InChI is InChI=1S/C31H31N3O2/c1-3-36-30(35)20-19-28(32)27-22-33-23(2)21-29(27)34-31(24-13-7-4-8-14-24,25-15-9-5-10-16-25)26-17-11-6-12-18-26/h4-18,21-22,32H,3,19-20H2,1-2H3,(H,33,34). The molecule has 0 spiro atoms. The summed E-state index contributed by atoms with van der Waals surface area (Å²) in [6.45, 7) is 4.05. The molecule has 0 aliphatic carbocycles. The van der Waals surface area contributed by atoms with Crippen molar-refractivity contribution in [3.8, 4) is 0 Å². The van der Waals surface area contributed by atoms with Crippen LogP contribution in [-0.2, 0) is 15.1 Å². The Morgan fingerprint density at radius 1 is 0.861 bits per heavy atom. The zero-order valence-corrected chi connectivity index (χ0v) is 20.7. The molecular weight excluding hydrogens is 446 g/mol. The summed E-state index contributed by atoms with van der Waals surface area (Å²) in [6, 6.07) is 32.9. The van der Waals surface area contributed by atoms with Crippen LogP contribution < -0.4 is 5.32 Å². The van der Waals surface area contributed by atoms with Gasteiger partial charge in [0.1, 0.15) is 5.54 Å². The Kier molecular flexibility index (Phi) is 7.91. The molecule has 0 unspecified atom stereocenters. The summed E-state index contributed by atoms with van der Waals surface area (Å²) in [4.78, 5) is 16.4. The van der Waals surface area contributed by atoms with Crippen LogP contribution in [0, 0.1) is 12.3 Å². The molecular formula is C31H31N3O2.